The zero-order valence-corrected chi connectivity index (χ0v) is 16.6. The number of nitrogens with zero attached hydrogens (tertiary/aromatic N) is 2. The molecule has 3 atom stereocenters. The molecule has 0 saturated carbocycles. The van der Waals surface area contributed by atoms with Crippen LogP contribution in [0.1, 0.15) is 19.4 Å². The maximum Gasteiger partial charge on any atom is 0.310 e. The van der Waals surface area contributed by atoms with Gasteiger partial charge in [0.25, 0.3) is 0 Å². The Bertz CT molecular complexity index is 650. The fourth-order valence-corrected chi connectivity index (χ4v) is 3.17. The van der Waals surface area contributed by atoms with Crippen LogP contribution in [0.15, 0.2) is 29.3 Å². The number of guanidine groups is 1. The minimum absolute atomic E-state index is 0.159. The lowest BCUT2D eigenvalue weighted by atomic mass is 9.99. The van der Waals surface area contributed by atoms with E-state index in [2.05, 4.69) is 10.3 Å². The van der Waals surface area contributed by atoms with E-state index in [0.29, 0.717) is 19.0 Å². The molecule has 1 aliphatic rings. The number of aliphatic imine (C=N–C) groups is 1. The molecule has 0 amide bonds. The Morgan fingerprint density at radius 3 is 2.89 bits per heavy atom. The number of aryl methyl sites for hydroxylation is 1. The van der Waals surface area contributed by atoms with Gasteiger partial charge < -0.3 is 24.8 Å². The number of esters is 1. The van der Waals surface area contributed by atoms with Crippen molar-refractivity contribution in [1.82, 2.24) is 10.2 Å². The van der Waals surface area contributed by atoms with Crippen molar-refractivity contribution in [2.75, 3.05) is 39.9 Å². The van der Waals surface area contributed by atoms with Crippen molar-refractivity contribution in [3.8, 4) is 5.75 Å². The molecule has 3 unspecified atom stereocenters. The van der Waals surface area contributed by atoms with Gasteiger partial charge in [-0.25, -0.2) is 0 Å². The highest BCUT2D eigenvalue weighted by Crippen LogP contribution is 2.24. The van der Waals surface area contributed by atoms with Crippen LogP contribution in [-0.2, 0) is 9.53 Å². The molecule has 2 N–H and O–H groups in total. The van der Waals surface area contributed by atoms with Gasteiger partial charge >= 0.3 is 5.97 Å². The third-order valence-corrected chi connectivity index (χ3v) is 4.63. The molecule has 27 heavy (non-hydrogen) atoms. The van der Waals surface area contributed by atoms with Crippen LogP contribution in [-0.4, -0.2) is 67.9 Å². The van der Waals surface area contributed by atoms with Gasteiger partial charge in [-0.05, 0) is 37.5 Å². The number of aliphatic hydroxyl groups excluding tert-OH is 1. The minimum Gasteiger partial charge on any atom is -0.491 e. The van der Waals surface area contributed by atoms with Gasteiger partial charge in [0.2, 0.25) is 0 Å². The number of rotatable bonds is 7. The van der Waals surface area contributed by atoms with E-state index in [4.69, 9.17) is 9.47 Å². The van der Waals surface area contributed by atoms with Crippen LogP contribution in [0, 0.1) is 18.8 Å². The predicted molar refractivity (Wildman–Crippen MR) is 105 cm³/mol. The molecule has 1 aliphatic heterocycles. The van der Waals surface area contributed by atoms with Gasteiger partial charge in [0, 0.05) is 19.6 Å². The molecule has 1 fully saturated rings. The average Bonchev–Trinajstić information content (AvgIpc) is 3.04. The van der Waals surface area contributed by atoms with Crippen LogP contribution >= 0.6 is 0 Å². The van der Waals surface area contributed by atoms with Crippen molar-refractivity contribution in [1.29, 1.82) is 0 Å². The number of carbonyl (C=O) groups excluding carboxylic acids is 1. The first-order chi connectivity index (χ1) is 12.9. The Labute approximate surface area is 161 Å². The Balaban J connectivity index is 1.91. The van der Waals surface area contributed by atoms with Crippen molar-refractivity contribution in [2.24, 2.45) is 16.8 Å². The van der Waals surface area contributed by atoms with Crippen molar-refractivity contribution < 1.29 is 19.4 Å². The molecular formula is C20H31N3O4. The summed E-state index contributed by atoms with van der Waals surface area (Å²) in [5, 5.41) is 13.4. The van der Waals surface area contributed by atoms with Crippen LogP contribution < -0.4 is 10.1 Å². The number of ether oxygens (including phenoxy) is 2. The van der Waals surface area contributed by atoms with E-state index in [1.807, 2.05) is 49.9 Å². The summed E-state index contributed by atoms with van der Waals surface area (Å²) in [6, 6.07) is 7.71. The normalized spacial score (nSPS) is 21.1. The van der Waals surface area contributed by atoms with Crippen LogP contribution in [0.4, 0.5) is 0 Å². The topological polar surface area (TPSA) is 83.4 Å². The number of benzene rings is 1. The van der Waals surface area contributed by atoms with Crippen LogP contribution in [0.25, 0.3) is 0 Å². The number of carbonyl (C=O) groups is 1. The number of aliphatic hydroxyl groups is 1. The third-order valence-electron chi connectivity index (χ3n) is 4.63. The smallest absolute Gasteiger partial charge is 0.310 e. The average molecular weight is 377 g/mol. The highest BCUT2D eigenvalue weighted by Gasteiger charge is 2.36. The zero-order chi connectivity index (χ0) is 19.8. The molecule has 0 aromatic heterocycles. The second-order valence-corrected chi connectivity index (χ2v) is 6.99. The molecule has 0 radical (unpaired) electrons. The number of nitrogens with one attached hydrogen (secondary N) is 1. The van der Waals surface area contributed by atoms with E-state index < -0.39 is 6.10 Å². The monoisotopic (exact) mass is 377 g/mol. The summed E-state index contributed by atoms with van der Waals surface area (Å²) in [6.45, 7) is 8.42. The van der Waals surface area contributed by atoms with Crippen molar-refractivity contribution in [2.45, 2.75) is 26.9 Å². The Morgan fingerprint density at radius 1 is 1.44 bits per heavy atom. The number of hydrogen-bond acceptors (Lipinski definition) is 5. The van der Waals surface area contributed by atoms with E-state index >= 15 is 0 Å². The standard InChI is InChI=1S/C20H31N3O4/c1-5-21-20(23-11-15(3)18(12-23)19(25)26-4)22-10-16(24)13-27-17-8-6-7-14(2)9-17/h6-9,15-16,18,24H,5,10-13H2,1-4H3,(H,21,22). The van der Waals surface area contributed by atoms with Gasteiger partial charge in [0.15, 0.2) is 5.96 Å². The minimum atomic E-state index is -0.712. The molecule has 2 rings (SSSR count). The number of likely N-dealkylation sites (tertiary alicyclic amines) is 1. The fraction of sp³-hybridized carbons (Fsp3) is 0.600. The van der Waals surface area contributed by atoms with E-state index in [1.165, 1.54) is 7.11 Å². The molecule has 7 nitrogen and oxygen atoms in total. The lowest BCUT2D eigenvalue weighted by Gasteiger charge is -2.22. The zero-order valence-electron chi connectivity index (χ0n) is 16.6. The molecule has 1 heterocycles. The van der Waals surface area contributed by atoms with E-state index in [0.717, 1.165) is 17.9 Å². The van der Waals surface area contributed by atoms with Gasteiger partial charge in [-0.15, -0.1) is 0 Å². The second-order valence-electron chi connectivity index (χ2n) is 6.99. The predicted octanol–water partition coefficient (Wildman–Crippen LogP) is 1.44. The highest BCUT2D eigenvalue weighted by atomic mass is 16.5. The van der Waals surface area contributed by atoms with Gasteiger partial charge in [-0.1, -0.05) is 19.1 Å². The molecule has 7 heteroatoms. The summed E-state index contributed by atoms with van der Waals surface area (Å²) in [4.78, 5) is 18.5. The maximum atomic E-state index is 11.9. The van der Waals surface area contributed by atoms with E-state index in [1.54, 1.807) is 0 Å². The van der Waals surface area contributed by atoms with E-state index in [-0.39, 0.29) is 31.0 Å². The Kier molecular flexibility index (Phi) is 7.91. The first kappa shape index (κ1) is 21.0. The lowest BCUT2D eigenvalue weighted by molar-refractivity contribution is -0.145. The molecular weight excluding hydrogens is 346 g/mol. The van der Waals surface area contributed by atoms with E-state index in [9.17, 15) is 9.90 Å². The summed E-state index contributed by atoms with van der Waals surface area (Å²) in [5.41, 5.74) is 1.11. The Hall–Kier alpha value is -2.28. The summed E-state index contributed by atoms with van der Waals surface area (Å²) in [7, 11) is 1.42. The summed E-state index contributed by atoms with van der Waals surface area (Å²) in [5.74, 6) is 1.28. The van der Waals surface area contributed by atoms with Crippen molar-refractivity contribution in [3.05, 3.63) is 29.8 Å². The fourth-order valence-electron chi connectivity index (χ4n) is 3.17. The van der Waals surface area contributed by atoms with Crippen LogP contribution in [0.2, 0.25) is 0 Å². The van der Waals surface area contributed by atoms with Crippen molar-refractivity contribution in [3.63, 3.8) is 0 Å². The van der Waals surface area contributed by atoms with Crippen LogP contribution in [0.5, 0.6) is 5.75 Å². The first-order valence-corrected chi connectivity index (χ1v) is 9.43. The van der Waals surface area contributed by atoms with Crippen LogP contribution in [0.3, 0.4) is 0 Å². The molecule has 0 bridgehead atoms. The molecule has 1 saturated heterocycles. The molecule has 0 spiro atoms. The molecule has 1 aromatic carbocycles. The molecule has 0 aliphatic carbocycles. The van der Waals surface area contributed by atoms with Gasteiger partial charge in [0.1, 0.15) is 18.5 Å². The van der Waals surface area contributed by atoms with Crippen molar-refractivity contribution >= 4 is 11.9 Å². The number of methoxy groups -OCH3 is 1. The highest BCUT2D eigenvalue weighted by molar-refractivity contribution is 5.82. The quantitative estimate of drug-likeness (QED) is 0.425. The summed E-state index contributed by atoms with van der Waals surface area (Å²) >= 11 is 0. The van der Waals surface area contributed by atoms with Gasteiger partial charge in [0.05, 0.1) is 19.6 Å². The first-order valence-electron chi connectivity index (χ1n) is 9.43. The van der Waals surface area contributed by atoms with Gasteiger partial charge in [-0.2, -0.15) is 0 Å². The van der Waals surface area contributed by atoms with Gasteiger partial charge in [-0.3, -0.25) is 9.79 Å². The molecule has 150 valence electrons. The Morgan fingerprint density at radius 2 is 2.22 bits per heavy atom. The third kappa shape index (κ3) is 6.13. The number of hydrogen-bond donors (Lipinski definition) is 2. The molecule has 1 aromatic rings. The lowest BCUT2D eigenvalue weighted by Crippen LogP contribution is -2.41. The largest absolute Gasteiger partial charge is 0.491 e. The summed E-state index contributed by atoms with van der Waals surface area (Å²) < 4.78 is 10.5. The second kappa shape index (κ2) is 10.2. The SMILES string of the molecule is CCNC(=NCC(O)COc1cccc(C)c1)N1CC(C)C(C(=O)OC)C1. The summed E-state index contributed by atoms with van der Waals surface area (Å²) in [6.07, 6.45) is -0.712. The maximum absolute atomic E-state index is 11.9.